The molecule has 0 radical (unpaired) electrons. The molecule has 0 saturated heterocycles. The van der Waals surface area contributed by atoms with E-state index in [2.05, 4.69) is 4.98 Å². The van der Waals surface area contributed by atoms with Crippen molar-refractivity contribution in [3.8, 4) is 22.8 Å². The van der Waals surface area contributed by atoms with Crippen molar-refractivity contribution in [2.24, 2.45) is 0 Å². The maximum Gasteiger partial charge on any atom is 0.257 e. The van der Waals surface area contributed by atoms with Gasteiger partial charge in [0.2, 0.25) is 5.89 Å². The Balaban J connectivity index is 1.82. The zero-order valence-corrected chi connectivity index (χ0v) is 19.0. The Morgan fingerprint density at radius 1 is 0.969 bits per heavy atom. The summed E-state index contributed by atoms with van der Waals surface area (Å²) in [5.74, 6) is 1.67. The summed E-state index contributed by atoms with van der Waals surface area (Å²) in [6.45, 7) is 5.72. The van der Waals surface area contributed by atoms with Gasteiger partial charge in [-0.2, -0.15) is 0 Å². The van der Waals surface area contributed by atoms with E-state index in [1.54, 1.807) is 23.6 Å². The maximum atomic E-state index is 13.4. The van der Waals surface area contributed by atoms with Crippen LogP contribution in [0.2, 0.25) is 5.02 Å². The largest absolute Gasteiger partial charge is 0.441 e. The SMILES string of the molecule is Cc1ccc(-c2nc(Cn3c(-c4ccc(Cl)cc4)nc(C)c(CCO)c3=O)c(C)o2)cc1. The maximum absolute atomic E-state index is 13.4. The van der Waals surface area contributed by atoms with E-state index in [-0.39, 0.29) is 25.1 Å². The summed E-state index contributed by atoms with van der Waals surface area (Å²) < 4.78 is 7.50. The van der Waals surface area contributed by atoms with Crippen LogP contribution in [-0.4, -0.2) is 26.2 Å². The lowest BCUT2D eigenvalue weighted by Gasteiger charge is -2.15. The van der Waals surface area contributed by atoms with Gasteiger partial charge in [-0.15, -0.1) is 0 Å². The standard InChI is InChI=1S/C25H24ClN3O3/c1-15-4-6-19(7-5-15)24-28-22(17(3)32-24)14-29-23(18-8-10-20(26)11-9-18)27-16(2)21(12-13-30)25(29)31/h4-11,30H,12-14H2,1-3H3. The van der Waals surface area contributed by atoms with Crippen molar-refractivity contribution in [3.05, 3.63) is 92.2 Å². The molecule has 164 valence electrons. The Bertz CT molecular complexity index is 1310. The number of rotatable bonds is 6. The minimum atomic E-state index is -0.198. The predicted octanol–water partition coefficient (Wildman–Crippen LogP) is 4.73. The fourth-order valence-corrected chi connectivity index (χ4v) is 3.74. The van der Waals surface area contributed by atoms with E-state index in [1.807, 2.05) is 50.2 Å². The lowest BCUT2D eigenvalue weighted by Crippen LogP contribution is -2.29. The van der Waals surface area contributed by atoms with Crippen molar-refractivity contribution in [2.75, 3.05) is 6.61 Å². The van der Waals surface area contributed by atoms with Gasteiger partial charge in [-0.3, -0.25) is 9.36 Å². The van der Waals surface area contributed by atoms with E-state index in [0.29, 0.717) is 39.4 Å². The highest BCUT2D eigenvalue weighted by atomic mass is 35.5. The van der Waals surface area contributed by atoms with Gasteiger partial charge in [-0.05, 0) is 57.2 Å². The van der Waals surface area contributed by atoms with Crippen LogP contribution in [-0.2, 0) is 13.0 Å². The highest BCUT2D eigenvalue weighted by Gasteiger charge is 2.19. The van der Waals surface area contributed by atoms with Crippen LogP contribution in [0.5, 0.6) is 0 Å². The van der Waals surface area contributed by atoms with E-state index in [4.69, 9.17) is 21.0 Å². The van der Waals surface area contributed by atoms with Crippen LogP contribution in [0, 0.1) is 20.8 Å². The van der Waals surface area contributed by atoms with Crippen LogP contribution in [0.25, 0.3) is 22.8 Å². The molecule has 4 rings (SSSR count). The Labute approximate surface area is 191 Å². The first-order valence-electron chi connectivity index (χ1n) is 10.4. The van der Waals surface area contributed by atoms with Crippen molar-refractivity contribution >= 4 is 11.6 Å². The van der Waals surface area contributed by atoms with E-state index in [0.717, 1.165) is 16.7 Å². The van der Waals surface area contributed by atoms with Gasteiger partial charge in [0.1, 0.15) is 17.3 Å². The fourth-order valence-electron chi connectivity index (χ4n) is 3.61. The molecule has 0 aliphatic heterocycles. The van der Waals surface area contributed by atoms with Gasteiger partial charge in [-0.1, -0.05) is 29.3 Å². The molecule has 0 aliphatic rings. The lowest BCUT2D eigenvalue weighted by molar-refractivity contribution is 0.298. The molecule has 0 spiro atoms. The van der Waals surface area contributed by atoms with E-state index in [1.165, 1.54) is 0 Å². The topological polar surface area (TPSA) is 81.1 Å². The zero-order valence-electron chi connectivity index (χ0n) is 18.2. The molecule has 0 unspecified atom stereocenters. The van der Waals surface area contributed by atoms with Crippen molar-refractivity contribution < 1.29 is 9.52 Å². The molecule has 0 atom stereocenters. The molecule has 0 saturated carbocycles. The second kappa shape index (κ2) is 9.10. The van der Waals surface area contributed by atoms with Crippen molar-refractivity contribution in [3.63, 3.8) is 0 Å². The summed E-state index contributed by atoms with van der Waals surface area (Å²) in [6, 6.07) is 15.1. The third-order valence-electron chi connectivity index (χ3n) is 5.43. The number of aliphatic hydroxyl groups excluding tert-OH is 1. The average molecular weight is 450 g/mol. The minimum Gasteiger partial charge on any atom is -0.441 e. The number of hydrogen-bond acceptors (Lipinski definition) is 5. The molecule has 4 aromatic rings. The smallest absolute Gasteiger partial charge is 0.257 e. The number of hydrogen-bond donors (Lipinski definition) is 1. The Morgan fingerprint density at radius 2 is 1.62 bits per heavy atom. The predicted molar refractivity (Wildman–Crippen MR) is 125 cm³/mol. The monoisotopic (exact) mass is 449 g/mol. The third-order valence-corrected chi connectivity index (χ3v) is 5.68. The van der Waals surface area contributed by atoms with Crippen LogP contribution < -0.4 is 5.56 Å². The molecule has 1 N–H and O–H groups in total. The summed E-state index contributed by atoms with van der Waals surface area (Å²) in [5.41, 5.74) is 4.34. The molecule has 2 heterocycles. The first kappa shape index (κ1) is 22.0. The van der Waals surface area contributed by atoms with Crippen LogP contribution in [0.3, 0.4) is 0 Å². The van der Waals surface area contributed by atoms with Gasteiger partial charge < -0.3 is 9.52 Å². The van der Waals surface area contributed by atoms with Crippen molar-refractivity contribution in [1.82, 2.24) is 14.5 Å². The van der Waals surface area contributed by atoms with Gasteiger partial charge in [0, 0.05) is 40.4 Å². The second-order valence-electron chi connectivity index (χ2n) is 7.76. The van der Waals surface area contributed by atoms with Crippen LogP contribution >= 0.6 is 11.6 Å². The van der Waals surface area contributed by atoms with Gasteiger partial charge in [0.05, 0.1) is 6.54 Å². The number of aliphatic hydroxyl groups is 1. The Hall–Kier alpha value is -3.22. The summed E-state index contributed by atoms with van der Waals surface area (Å²) in [6.07, 6.45) is 0.241. The molecule has 2 aromatic heterocycles. The average Bonchev–Trinajstić information content (AvgIpc) is 3.14. The number of nitrogens with zero attached hydrogens (tertiary/aromatic N) is 3. The van der Waals surface area contributed by atoms with Crippen LogP contribution in [0.15, 0.2) is 57.7 Å². The van der Waals surface area contributed by atoms with Crippen LogP contribution in [0.4, 0.5) is 0 Å². The number of oxazole rings is 1. The normalized spacial score (nSPS) is 11.2. The Kier molecular flexibility index (Phi) is 6.26. The van der Waals surface area contributed by atoms with Gasteiger partial charge in [-0.25, -0.2) is 9.97 Å². The molecule has 0 bridgehead atoms. The van der Waals surface area contributed by atoms with Gasteiger partial charge in [0.25, 0.3) is 5.56 Å². The summed E-state index contributed by atoms with van der Waals surface area (Å²) >= 11 is 6.05. The zero-order chi connectivity index (χ0) is 22.8. The number of halogens is 1. The minimum absolute atomic E-state index is 0.126. The molecule has 2 aromatic carbocycles. The Morgan fingerprint density at radius 3 is 2.28 bits per heavy atom. The lowest BCUT2D eigenvalue weighted by atomic mass is 10.1. The van der Waals surface area contributed by atoms with Gasteiger partial charge >= 0.3 is 0 Å². The summed E-state index contributed by atoms with van der Waals surface area (Å²) in [7, 11) is 0. The van der Waals surface area contributed by atoms with E-state index < -0.39 is 0 Å². The summed E-state index contributed by atoms with van der Waals surface area (Å²) in [5, 5.41) is 10.0. The first-order valence-corrected chi connectivity index (χ1v) is 10.8. The molecule has 0 amide bonds. The molecule has 0 fully saturated rings. The van der Waals surface area contributed by atoms with Gasteiger partial charge in [0.15, 0.2) is 0 Å². The third kappa shape index (κ3) is 4.38. The van der Waals surface area contributed by atoms with E-state index >= 15 is 0 Å². The first-order chi connectivity index (χ1) is 15.4. The molecular weight excluding hydrogens is 426 g/mol. The molecule has 7 heteroatoms. The molecule has 32 heavy (non-hydrogen) atoms. The second-order valence-corrected chi connectivity index (χ2v) is 8.20. The van der Waals surface area contributed by atoms with Crippen molar-refractivity contribution in [1.29, 1.82) is 0 Å². The van der Waals surface area contributed by atoms with Crippen LogP contribution in [0.1, 0.15) is 28.3 Å². The number of aromatic nitrogens is 3. The quantitative estimate of drug-likeness (QED) is 0.460. The number of aryl methyl sites for hydroxylation is 3. The van der Waals surface area contributed by atoms with E-state index in [9.17, 15) is 9.90 Å². The van der Waals surface area contributed by atoms with Crippen molar-refractivity contribution in [2.45, 2.75) is 33.7 Å². The molecular formula is C25H24ClN3O3. The highest BCUT2D eigenvalue weighted by Crippen LogP contribution is 2.25. The number of benzene rings is 2. The summed E-state index contributed by atoms with van der Waals surface area (Å²) in [4.78, 5) is 22.8. The highest BCUT2D eigenvalue weighted by molar-refractivity contribution is 6.30. The molecule has 0 aliphatic carbocycles. The fraction of sp³-hybridized carbons (Fsp3) is 0.240. The molecule has 6 nitrogen and oxygen atoms in total.